The van der Waals surface area contributed by atoms with Crippen LogP contribution in [0.1, 0.15) is 51.5 Å². The Morgan fingerprint density at radius 3 is 2.76 bits per heavy atom. The average molecular weight is 450 g/mol. The second-order valence-electron chi connectivity index (χ2n) is 9.70. The molecule has 6 heteroatoms. The molecule has 0 aliphatic carbocycles. The Kier molecular flexibility index (Phi) is 7.43. The highest BCUT2D eigenvalue weighted by atomic mass is 16.5. The van der Waals surface area contributed by atoms with E-state index in [0.717, 1.165) is 48.8 Å². The minimum atomic E-state index is -0.675. The number of benzene rings is 1. The third kappa shape index (κ3) is 5.44. The van der Waals surface area contributed by atoms with Crippen LogP contribution in [0.4, 0.5) is 0 Å². The van der Waals surface area contributed by atoms with Crippen LogP contribution in [0.15, 0.2) is 48.8 Å². The summed E-state index contributed by atoms with van der Waals surface area (Å²) in [6.45, 7) is 5.71. The summed E-state index contributed by atoms with van der Waals surface area (Å²) in [5.41, 5.74) is 2.55. The van der Waals surface area contributed by atoms with Crippen molar-refractivity contribution in [2.45, 2.75) is 64.5 Å². The summed E-state index contributed by atoms with van der Waals surface area (Å²) in [6, 6.07) is 12.2. The number of carbonyl (C=O) groups is 2. The zero-order chi connectivity index (χ0) is 23.3. The monoisotopic (exact) mass is 449 g/mol. The highest BCUT2D eigenvalue weighted by Gasteiger charge is 2.45. The molecule has 2 aromatic rings. The number of rotatable bonds is 6. The van der Waals surface area contributed by atoms with E-state index < -0.39 is 5.41 Å². The molecule has 1 N–H and O–H groups in total. The normalized spacial score (nSPS) is 23.4. The van der Waals surface area contributed by atoms with Crippen LogP contribution in [0.5, 0.6) is 0 Å². The maximum atomic E-state index is 13.6. The number of hydrogen-bond acceptors (Lipinski definition) is 4. The molecule has 2 atom stereocenters. The first-order chi connectivity index (χ1) is 16.0. The largest absolute Gasteiger partial charge is 0.368 e. The Morgan fingerprint density at radius 2 is 2.03 bits per heavy atom. The van der Waals surface area contributed by atoms with Gasteiger partial charge in [-0.1, -0.05) is 30.3 Å². The predicted octanol–water partition coefficient (Wildman–Crippen LogP) is 3.99. The Hall–Kier alpha value is -2.73. The lowest BCUT2D eigenvalue weighted by Gasteiger charge is -2.43. The van der Waals surface area contributed by atoms with Gasteiger partial charge in [-0.25, -0.2) is 0 Å². The van der Waals surface area contributed by atoms with Gasteiger partial charge in [0.25, 0.3) is 5.91 Å². The molecule has 0 spiro atoms. The molecule has 2 unspecified atom stereocenters. The first-order valence-corrected chi connectivity index (χ1v) is 12.2. The fourth-order valence-corrected chi connectivity index (χ4v) is 5.13. The molecule has 2 aliphatic heterocycles. The summed E-state index contributed by atoms with van der Waals surface area (Å²) < 4.78 is 5.78. The van der Waals surface area contributed by atoms with E-state index in [4.69, 9.17) is 4.74 Å². The second-order valence-corrected chi connectivity index (χ2v) is 9.70. The van der Waals surface area contributed by atoms with Crippen molar-refractivity contribution in [3.05, 3.63) is 54.4 Å². The Bertz CT molecular complexity index is 956. The summed E-state index contributed by atoms with van der Waals surface area (Å²) in [5.74, 6) is 0.0669. The summed E-state index contributed by atoms with van der Waals surface area (Å²) in [5, 5.41) is 3.15. The molecule has 0 radical (unpaired) electrons. The van der Waals surface area contributed by atoms with Gasteiger partial charge in [-0.05, 0) is 69.6 Å². The molecule has 2 saturated heterocycles. The molecule has 33 heavy (non-hydrogen) atoms. The number of pyridine rings is 1. The molecule has 2 aliphatic rings. The minimum Gasteiger partial charge on any atom is -0.368 e. The molecular formula is C27H35N3O3. The third-order valence-corrected chi connectivity index (χ3v) is 6.76. The molecular weight excluding hydrogens is 414 g/mol. The molecule has 4 rings (SSSR count). The Labute approximate surface area is 196 Å². The number of aromatic nitrogens is 1. The van der Waals surface area contributed by atoms with E-state index in [0.29, 0.717) is 26.1 Å². The highest BCUT2D eigenvalue weighted by Crippen LogP contribution is 2.38. The van der Waals surface area contributed by atoms with E-state index in [1.807, 2.05) is 49.2 Å². The summed E-state index contributed by atoms with van der Waals surface area (Å²) in [4.78, 5) is 33.1. The molecule has 176 valence electrons. The van der Waals surface area contributed by atoms with Crippen molar-refractivity contribution in [2.75, 3.05) is 19.7 Å². The summed E-state index contributed by atoms with van der Waals surface area (Å²) in [6.07, 6.45) is 8.18. The van der Waals surface area contributed by atoms with Crippen LogP contribution in [-0.4, -0.2) is 53.5 Å². The topological polar surface area (TPSA) is 71.5 Å². The van der Waals surface area contributed by atoms with Crippen molar-refractivity contribution in [2.24, 2.45) is 5.41 Å². The smallest absolute Gasteiger partial charge is 0.251 e. The van der Waals surface area contributed by atoms with Crippen LogP contribution in [0.25, 0.3) is 11.1 Å². The van der Waals surface area contributed by atoms with Gasteiger partial charge in [0, 0.05) is 43.7 Å². The number of nitrogens with zero attached hydrogens (tertiary/aromatic N) is 2. The maximum absolute atomic E-state index is 13.6. The summed E-state index contributed by atoms with van der Waals surface area (Å²) in [7, 11) is 0. The number of piperidine rings is 1. The number of carbonyl (C=O) groups excluding carboxylic acids is 2. The lowest BCUT2D eigenvalue weighted by molar-refractivity contribution is -0.152. The number of amides is 2. The Morgan fingerprint density at radius 1 is 1.18 bits per heavy atom. The van der Waals surface area contributed by atoms with Gasteiger partial charge in [0.1, 0.15) is 6.10 Å². The van der Waals surface area contributed by atoms with Gasteiger partial charge in [0.2, 0.25) is 5.91 Å². The average Bonchev–Trinajstić information content (AvgIpc) is 2.85. The molecule has 2 fully saturated rings. The van der Waals surface area contributed by atoms with Crippen LogP contribution in [0.2, 0.25) is 0 Å². The van der Waals surface area contributed by atoms with E-state index in [1.54, 1.807) is 6.20 Å². The van der Waals surface area contributed by atoms with Crippen LogP contribution >= 0.6 is 0 Å². The molecule has 2 amide bonds. The third-order valence-electron chi connectivity index (χ3n) is 6.76. The van der Waals surface area contributed by atoms with Crippen molar-refractivity contribution in [3.63, 3.8) is 0 Å². The van der Waals surface area contributed by atoms with Crippen LogP contribution in [-0.2, 0) is 20.7 Å². The molecule has 1 aromatic heterocycles. The van der Waals surface area contributed by atoms with Gasteiger partial charge in [-0.15, -0.1) is 0 Å². The number of hydrogen-bond donors (Lipinski definition) is 1. The fraction of sp³-hybridized carbons (Fsp3) is 0.519. The van der Waals surface area contributed by atoms with Crippen molar-refractivity contribution < 1.29 is 14.3 Å². The van der Waals surface area contributed by atoms with Crippen molar-refractivity contribution in [1.29, 1.82) is 0 Å². The molecule has 1 aromatic carbocycles. The van der Waals surface area contributed by atoms with E-state index in [2.05, 4.69) is 22.4 Å². The predicted molar refractivity (Wildman–Crippen MR) is 128 cm³/mol. The maximum Gasteiger partial charge on any atom is 0.251 e. The number of ether oxygens (including phenoxy) is 1. The SMILES string of the molecule is CC(C)NC(=O)C1(Cc2ccccc2-c2cccnc2)CCCN(C(=O)C2CCCCO2)C1. The number of likely N-dealkylation sites (tertiary alicyclic amines) is 1. The zero-order valence-corrected chi connectivity index (χ0v) is 19.8. The van der Waals surface area contributed by atoms with Gasteiger partial charge in [0.05, 0.1) is 5.41 Å². The summed E-state index contributed by atoms with van der Waals surface area (Å²) >= 11 is 0. The lowest BCUT2D eigenvalue weighted by atomic mass is 9.73. The first-order valence-electron chi connectivity index (χ1n) is 12.2. The number of nitrogens with one attached hydrogen (secondary N) is 1. The van der Waals surface area contributed by atoms with Gasteiger partial charge < -0.3 is 15.0 Å². The van der Waals surface area contributed by atoms with Crippen molar-refractivity contribution in [1.82, 2.24) is 15.2 Å². The Balaban J connectivity index is 1.64. The van der Waals surface area contributed by atoms with E-state index in [1.165, 1.54) is 0 Å². The quantitative estimate of drug-likeness (QED) is 0.724. The zero-order valence-electron chi connectivity index (χ0n) is 19.8. The fourth-order valence-electron chi connectivity index (χ4n) is 5.13. The van der Waals surface area contributed by atoms with Gasteiger partial charge in [-0.2, -0.15) is 0 Å². The lowest BCUT2D eigenvalue weighted by Crippen LogP contribution is -2.57. The van der Waals surface area contributed by atoms with Crippen molar-refractivity contribution >= 4 is 11.8 Å². The first kappa shape index (κ1) is 23.4. The van der Waals surface area contributed by atoms with Gasteiger partial charge >= 0.3 is 0 Å². The van der Waals surface area contributed by atoms with Crippen LogP contribution in [0.3, 0.4) is 0 Å². The molecule has 0 bridgehead atoms. The van der Waals surface area contributed by atoms with Crippen molar-refractivity contribution in [3.8, 4) is 11.1 Å². The molecule has 3 heterocycles. The van der Waals surface area contributed by atoms with E-state index >= 15 is 0 Å². The van der Waals surface area contributed by atoms with Crippen LogP contribution < -0.4 is 5.32 Å². The molecule has 0 saturated carbocycles. The standard InChI is InChI=1S/C27H35N3O3/c1-20(2)29-26(32)27(13-8-15-30(19-27)25(31)24-12-5-6-16-33-24)17-21-9-3-4-11-23(21)22-10-7-14-28-18-22/h3-4,7,9-11,14,18,20,24H,5-6,8,12-13,15-17,19H2,1-2H3,(H,29,32). The van der Waals surface area contributed by atoms with E-state index in [9.17, 15) is 9.59 Å². The highest BCUT2D eigenvalue weighted by molar-refractivity contribution is 5.86. The van der Waals surface area contributed by atoms with Gasteiger partial charge in [-0.3, -0.25) is 14.6 Å². The minimum absolute atomic E-state index is 0.0283. The van der Waals surface area contributed by atoms with Gasteiger partial charge in [0.15, 0.2) is 0 Å². The second kappa shape index (κ2) is 10.5. The van der Waals surface area contributed by atoms with Crippen LogP contribution in [0, 0.1) is 5.41 Å². The molecule has 6 nitrogen and oxygen atoms in total. The van der Waals surface area contributed by atoms with E-state index in [-0.39, 0.29) is 24.0 Å².